The molecule has 0 aliphatic carbocycles. The van der Waals surface area contributed by atoms with Crippen LogP contribution in [0.2, 0.25) is 5.02 Å². The molecule has 0 unspecified atom stereocenters. The summed E-state index contributed by atoms with van der Waals surface area (Å²) < 4.78 is 7.35. The predicted octanol–water partition coefficient (Wildman–Crippen LogP) is 4.23. The van der Waals surface area contributed by atoms with Crippen molar-refractivity contribution in [3.63, 3.8) is 0 Å². The Bertz CT molecular complexity index is 972. The molecule has 0 aliphatic heterocycles. The van der Waals surface area contributed by atoms with E-state index < -0.39 is 0 Å². The van der Waals surface area contributed by atoms with Crippen LogP contribution in [0.1, 0.15) is 11.5 Å². The van der Waals surface area contributed by atoms with E-state index in [0.29, 0.717) is 10.9 Å². The molecule has 0 spiro atoms. The maximum Gasteiger partial charge on any atom is 0.220 e. The molecule has 2 aromatic carbocycles. The molecule has 23 heavy (non-hydrogen) atoms. The van der Waals surface area contributed by atoms with Crippen molar-refractivity contribution in [2.24, 2.45) is 0 Å². The smallest absolute Gasteiger partial charge is 0.220 e. The molecule has 0 radical (unpaired) electrons. The van der Waals surface area contributed by atoms with Crippen LogP contribution in [-0.4, -0.2) is 19.7 Å². The molecule has 0 fully saturated rings. The van der Waals surface area contributed by atoms with Crippen LogP contribution in [0.25, 0.3) is 28.9 Å². The second kappa shape index (κ2) is 5.70. The molecule has 2 heterocycles. The minimum Gasteiger partial charge on any atom is -0.437 e. The van der Waals surface area contributed by atoms with E-state index in [1.54, 1.807) is 23.1 Å². The number of oxazole rings is 1. The van der Waals surface area contributed by atoms with E-state index in [1.165, 1.54) is 6.33 Å². The van der Waals surface area contributed by atoms with Crippen LogP contribution in [0.5, 0.6) is 0 Å². The summed E-state index contributed by atoms with van der Waals surface area (Å²) in [5.41, 5.74) is 3.46. The summed E-state index contributed by atoms with van der Waals surface area (Å²) in [5, 5.41) is 4.74. The fraction of sp³-hybridized carbons (Fsp3) is 0. The third kappa shape index (κ3) is 2.86. The Kier molecular flexibility index (Phi) is 3.40. The van der Waals surface area contributed by atoms with Crippen molar-refractivity contribution in [2.45, 2.75) is 0 Å². The lowest BCUT2D eigenvalue weighted by Gasteiger charge is -2.00. The van der Waals surface area contributed by atoms with Crippen molar-refractivity contribution in [2.75, 3.05) is 0 Å². The average Bonchev–Trinajstić information content (AvgIpc) is 3.22. The van der Waals surface area contributed by atoms with E-state index in [0.717, 1.165) is 22.4 Å². The fourth-order valence-corrected chi connectivity index (χ4v) is 2.40. The second-order valence-electron chi connectivity index (χ2n) is 4.93. The molecule has 0 amide bonds. The van der Waals surface area contributed by atoms with Crippen LogP contribution in [0.3, 0.4) is 0 Å². The van der Waals surface area contributed by atoms with E-state index in [-0.39, 0.29) is 0 Å². The molecule has 0 atom stereocenters. The highest BCUT2D eigenvalue weighted by atomic mass is 35.5. The average molecular weight is 323 g/mol. The maximum atomic E-state index is 5.95. The maximum absolute atomic E-state index is 5.95. The predicted molar refractivity (Wildman–Crippen MR) is 89.3 cm³/mol. The molecule has 0 saturated carbocycles. The van der Waals surface area contributed by atoms with Gasteiger partial charge in [0.15, 0.2) is 5.58 Å². The first-order valence-electron chi connectivity index (χ1n) is 6.97. The van der Waals surface area contributed by atoms with E-state index in [2.05, 4.69) is 15.1 Å². The van der Waals surface area contributed by atoms with E-state index in [9.17, 15) is 0 Å². The van der Waals surface area contributed by atoms with E-state index >= 15 is 0 Å². The highest BCUT2D eigenvalue weighted by Crippen LogP contribution is 2.21. The van der Waals surface area contributed by atoms with Gasteiger partial charge in [0.2, 0.25) is 5.89 Å². The first-order valence-corrected chi connectivity index (χ1v) is 7.35. The van der Waals surface area contributed by atoms with Gasteiger partial charge in [-0.25, -0.2) is 14.6 Å². The van der Waals surface area contributed by atoms with Gasteiger partial charge < -0.3 is 4.42 Å². The highest BCUT2D eigenvalue weighted by molar-refractivity contribution is 6.31. The van der Waals surface area contributed by atoms with Gasteiger partial charge in [-0.05, 0) is 42.0 Å². The number of hydrogen-bond acceptors (Lipinski definition) is 4. The Morgan fingerprint density at radius 1 is 1.04 bits per heavy atom. The molecule has 4 rings (SSSR count). The Morgan fingerprint density at radius 3 is 2.70 bits per heavy atom. The van der Waals surface area contributed by atoms with Crippen molar-refractivity contribution < 1.29 is 4.42 Å². The van der Waals surface area contributed by atoms with Crippen LogP contribution < -0.4 is 0 Å². The van der Waals surface area contributed by atoms with E-state index in [4.69, 9.17) is 16.0 Å². The molecule has 0 N–H and O–H groups in total. The number of nitrogens with zero attached hydrogens (tertiary/aromatic N) is 4. The topological polar surface area (TPSA) is 56.7 Å². The van der Waals surface area contributed by atoms with Crippen molar-refractivity contribution >= 4 is 34.9 Å². The number of benzene rings is 2. The summed E-state index contributed by atoms with van der Waals surface area (Å²) in [4.78, 5) is 8.32. The molecule has 0 saturated heterocycles. The molecule has 5 nitrogen and oxygen atoms in total. The van der Waals surface area contributed by atoms with Crippen LogP contribution in [0, 0.1) is 0 Å². The lowest BCUT2D eigenvalue weighted by atomic mass is 10.2. The van der Waals surface area contributed by atoms with Crippen LogP contribution in [0.15, 0.2) is 59.5 Å². The summed E-state index contributed by atoms with van der Waals surface area (Å²) >= 11 is 5.95. The number of fused-ring (bicyclic) bond motifs is 1. The van der Waals surface area contributed by atoms with Gasteiger partial charge in [-0.15, -0.1) is 0 Å². The summed E-state index contributed by atoms with van der Waals surface area (Å²) in [6, 6.07) is 13.3. The summed E-state index contributed by atoms with van der Waals surface area (Å²) in [6.07, 6.45) is 6.94. The third-order valence-electron chi connectivity index (χ3n) is 3.36. The lowest BCUT2D eigenvalue weighted by molar-refractivity contribution is 0.590. The zero-order chi connectivity index (χ0) is 15.6. The molecule has 4 aromatic rings. The van der Waals surface area contributed by atoms with Crippen molar-refractivity contribution in [3.05, 3.63) is 71.6 Å². The molecule has 0 bridgehead atoms. The van der Waals surface area contributed by atoms with Gasteiger partial charge in [0.25, 0.3) is 0 Å². The standard InChI is InChI=1S/C17H11ClN4O/c18-13-4-7-16-15(9-13)21-17(23-16)8-3-12-1-5-14(6-2-12)22-11-19-10-20-22/h1-11H/b8-3+. The van der Waals surface area contributed by atoms with Crippen LogP contribution >= 0.6 is 11.6 Å². The van der Waals surface area contributed by atoms with Gasteiger partial charge in [-0.1, -0.05) is 23.7 Å². The zero-order valence-corrected chi connectivity index (χ0v) is 12.7. The molecule has 2 aromatic heterocycles. The van der Waals surface area contributed by atoms with Crippen molar-refractivity contribution in [3.8, 4) is 5.69 Å². The number of hydrogen-bond donors (Lipinski definition) is 0. The normalized spacial score (nSPS) is 11.5. The molecule has 0 aliphatic rings. The quantitative estimate of drug-likeness (QED) is 0.566. The molecule has 112 valence electrons. The van der Waals surface area contributed by atoms with Crippen LogP contribution in [0.4, 0.5) is 0 Å². The highest BCUT2D eigenvalue weighted by Gasteiger charge is 2.03. The Balaban J connectivity index is 1.57. The van der Waals surface area contributed by atoms with E-state index in [1.807, 2.05) is 42.5 Å². The van der Waals surface area contributed by atoms with Gasteiger partial charge in [0.05, 0.1) is 5.69 Å². The summed E-state index contributed by atoms with van der Waals surface area (Å²) in [5.74, 6) is 0.544. The van der Waals surface area contributed by atoms with Gasteiger partial charge in [0.1, 0.15) is 18.2 Å². The summed E-state index contributed by atoms with van der Waals surface area (Å²) in [6.45, 7) is 0. The number of halogens is 1. The largest absolute Gasteiger partial charge is 0.437 e. The zero-order valence-electron chi connectivity index (χ0n) is 11.9. The Morgan fingerprint density at radius 2 is 1.91 bits per heavy atom. The number of aromatic nitrogens is 4. The lowest BCUT2D eigenvalue weighted by Crippen LogP contribution is -1.93. The number of rotatable bonds is 3. The first kappa shape index (κ1) is 13.7. The second-order valence-corrected chi connectivity index (χ2v) is 5.37. The first-order chi connectivity index (χ1) is 11.3. The van der Waals surface area contributed by atoms with Gasteiger partial charge in [0, 0.05) is 11.1 Å². The molecular weight excluding hydrogens is 312 g/mol. The van der Waals surface area contributed by atoms with Crippen molar-refractivity contribution in [1.29, 1.82) is 0 Å². The monoisotopic (exact) mass is 322 g/mol. The van der Waals surface area contributed by atoms with Gasteiger partial charge in [-0.2, -0.15) is 5.10 Å². The van der Waals surface area contributed by atoms with Crippen LogP contribution in [-0.2, 0) is 0 Å². The third-order valence-corrected chi connectivity index (χ3v) is 3.60. The minimum absolute atomic E-state index is 0.544. The van der Waals surface area contributed by atoms with Gasteiger partial charge in [-0.3, -0.25) is 0 Å². The molecule has 6 heteroatoms. The Hall–Kier alpha value is -2.92. The molecular formula is C17H11ClN4O. The Labute approximate surface area is 136 Å². The fourth-order valence-electron chi connectivity index (χ4n) is 2.24. The van der Waals surface area contributed by atoms with Gasteiger partial charge >= 0.3 is 0 Å². The minimum atomic E-state index is 0.544. The SMILES string of the molecule is Clc1ccc2oc(/C=C/c3ccc(-n4cncn4)cc3)nc2c1. The van der Waals surface area contributed by atoms with Crippen molar-refractivity contribution in [1.82, 2.24) is 19.7 Å². The summed E-state index contributed by atoms with van der Waals surface area (Å²) in [7, 11) is 0.